The minimum absolute atomic E-state index is 0.116. The smallest absolute Gasteiger partial charge is 0.317 e. The summed E-state index contributed by atoms with van der Waals surface area (Å²) >= 11 is 3.69. The van der Waals surface area contributed by atoms with E-state index in [9.17, 15) is 4.79 Å². The van der Waals surface area contributed by atoms with Gasteiger partial charge in [-0.05, 0) is 0 Å². The van der Waals surface area contributed by atoms with Crippen molar-refractivity contribution in [1.29, 1.82) is 0 Å². The van der Waals surface area contributed by atoms with Gasteiger partial charge in [0.1, 0.15) is 0 Å². The van der Waals surface area contributed by atoms with E-state index in [4.69, 9.17) is 9.29 Å². The maximum atomic E-state index is 10.7. The Morgan fingerprint density at radius 1 is 1.64 bits per heavy atom. The molecule has 0 radical (unpaired) electrons. The summed E-state index contributed by atoms with van der Waals surface area (Å²) in [5, 5.41) is 8.87. The molecule has 0 saturated heterocycles. The molecule has 3 nitrogen and oxygen atoms in total. The monoisotopic (exact) mass is 196 g/mol. The number of rotatable bonds is 3. The van der Waals surface area contributed by atoms with Crippen molar-refractivity contribution in [2.24, 2.45) is 0 Å². The molecule has 0 heterocycles. The molecular formula is C6H12O3S2. The molecule has 1 atom stereocenters. The lowest BCUT2D eigenvalue weighted by molar-refractivity contribution is -0.132. The van der Waals surface area contributed by atoms with Crippen LogP contribution in [0.15, 0.2) is 0 Å². The van der Waals surface area contributed by atoms with Crippen LogP contribution in [-0.4, -0.2) is 21.2 Å². The van der Waals surface area contributed by atoms with E-state index >= 15 is 0 Å². The highest BCUT2D eigenvalue weighted by Crippen LogP contribution is 2.17. The predicted octanol–water partition coefficient (Wildman–Crippen LogP) is 1.72. The van der Waals surface area contributed by atoms with E-state index in [1.807, 2.05) is 6.92 Å². The Hall–Kier alpha value is -0.0000000000000000555. The maximum absolute atomic E-state index is 10.7. The second-order valence-corrected chi connectivity index (χ2v) is 4.27. The molecule has 0 aromatic carbocycles. The molecule has 0 bridgehead atoms. The molecule has 1 unspecified atom stereocenters. The third-order valence-electron chi connectivity index (χ3n) is 0.948. The lowest BCUT2D eigenvalue weighted by Crippen LogP contribution is -2.01. The van der Waals surface area contributed by atoms with Crippen LogP contribution in [0.1, 0.15) is 20.3 Å². The first-order chi connectivity index (χ1) is 5.11. The Morgan fingerprint density at radius 3 is 2.45 bits per heavy atom. The number of aliphatic hydroxyl groups is 1. The highest BCUT2D eigenvalue weighted by Gasteiger charge is 2.03. The molecule has 5 heteroatoms. The van der Waals surface area contributed by atoms with Gasteiger partial charge in [0, 0.05) is 22.9 Å². The van der Waals surface area contributed by atoms with Crippen molar-refractivity contribution >= 4 is 33.7 Å². The molecule has 0 aliphatic rings. The van der Waals surface area contributed by atoms with Crippen LogP contribution in [-0.2, 0) is 8.98 Å². The summed E-state index contributed by atoms with van der Waals surface area (Å²) in [6, 6.07) is 0. The summed E-state index contributed by atoms with van der Waals surface area (Å²) in [5.74, 6) is 0.261. The van der Waals surface area contributed by atoms with Gasteiger partial charge in [-0.25, -0.2) is 0 Å². The molecule has 0 fully saturated rings. The van der Waals surface area contributed by atoms with E-state index in [1.165, 1.54) is 0 Å². The lowest BCUT2D eigenvalue weighted by atomic mass is 10.5. The van der Waals surface area contributed by atoms with E-state index < -0.39 is 10.8 Å². The van der Waals surface area contributed by atoms with Crippen LogP contribution in [0.5, 0.6) is 0 Å². The van der Waals surface area contributed by atoms with Crippen molar-refractivity contribution in [3.8, 4) is 0 Å². The fraction of sp³-hybridized carbons (Fsp3) is 0.667. The molecule has 0 aromatic rings. The normalized spacial score (nSPS) is 14.0. The van der Waals surface area contributed by atoms with Gasteiger partial charge < -0.3 is 9.29 Å². The number of carbonyl (C=O) groups is 1. The number of hydrogen-bond donors (Lipinski definition) is 2. The van der Waals surface area contributed by atoms with Gasteiger partial charge in [-0.3, -0.25) is 4.79 Å². The van der Waals surface area contributed by atoms with Gasteiger partial charge in [-0.2, -0.15) is 0 Å². The van der Waals surface area contributed by atoms with E-state index in [0.29, 0.717) is 12.2 Å². The van der Waals surface area contributed by atoms with Crippen molar-refractivity contribution in [3.63, 3.8) is 0 Å². The second-order valence-electron chi connectivity index (χ2n) is 1.73. The van der Waals surface area contributed by atoms with Crippen molar-refractivity contribution < 1.29 is 14.1 Å². The number of carbonyl (C=O) groups excluding carboxylic acids is 1. The predicted molar refractivity (Wildman–Crippen MR) is 51.1 cm³/mol. The summed E-state index contributed by atoms with van der Waals surface area (Å²) < 4.78 is 4.72. The molecule has 0 spiro atoms. The Morgan fingerprint density at radius 2 is 2.18 bits per heavy atom. The standard InChI is InChI=1S/C6H12O3S2/c1-3-5(7)9-11(4-2)6(8)10/h8,10H,3-4H2,1-2H3. The number of thiol groups is 1. The molecule has 0 saturated carbocycles. The molecule has 11 heavy (non-hydrogen) atoms. The Labute approximate surface area is 74.3 Å². The molecule has 66 valence electrons. The van der Waals surface area contributed by atoms with Crippen LogP contribution in [0.25, 0.3) is 0 Å². The average Bonchev–Trinajstić information content (AvgIpc) is 1.99. The van der Waals surface area contributed by atoms with Crippen LogP contribution in [0.3, 0.4) is 0 Å². The van der Waals surface area contributed by atoms with E-state index in [-0.39, 0.29) is 10.4 Å². The number of aliphatic hydroxyl groups excluding tert-OH is 1. The second kappa shape index (κ2) is 5.62. The Balaban J connectivity index is 4.11. The molecule has 1 N–H and O–H groups in total. The zero-order valence-corrected chi connectivity index (χ0v) is 8.24. The average molecular weight is 196 g/mol. The largest absolute Gasteiger partial charge is 0.397 e. The first-order valence-electron chi connectivity index (χ1n) is 3.28. The van der Waals surface area contributed by atoms with Crippen LogP contribution in [0.2, 0.25) is 0 Å². The minimum Gasteiger partial charge on any atom is -0.397 e. The van der Waals surface area contributed by atoms with Gasteiger partial charge in [0.15, 0.2) is 4.38 Å². The topological polar surface area (TPSA) is 46.5 Å². The summed E-state index contributed by atoms with van der Waals surface area (Å²) in [7, 11) is -0.826. The van der Waals surface area contributed by atoms with E-state index in [0.717, 1.165) is 0 Å². The van der Waals surface area contributed by atoms with Crippen molar-refractivity contribution in [2.45, 2.75) is 20.3 Å². The van der Waals surface area contributed by atoms with E-state index in [1.54, 1.807) is 6.92 Å². The number of hydrogen-bond acceptors (Lipinski definition) is 2. The highest BCUT2D eigenvalue weighted by molar-refractivity contribution is 8.25. The molecule has 0 rings (SSSR count). The van der Waals surface area contributed by atoms with Crippen LogP contribution in [0, 0.1) is 0 Å². The molecule has 0 amide bonds. The van der Waals surface area contributed by atoms with Crippen LogP contribution in [0.4, 0.5) is 0 Å². The summed E-state index contributed by atoms with van der Waals surface area (Å²) in [6.07, 6.45) is 0.324. The summed E-state index contributed by atoms with van der Waals surface area (Å²) in [5.41, 5.74) is 0. The molecule has 0 aliphatic carbocycles. The van der Waals surface area contributed by atoms with Gasteiger partial charge in [0.2, 0.25) is 0 Å². The van der Waals surface area contributed by atoms with Crippen molar-refractivity contribution in [3.05, 3.63) is 0 Å². The van der Waals surface area contributed by atoms with Crippen LogP contribution < -0.4 is 0 Å². The molecule has 0 aromatic heterocycles. The third kappa shape index (κ3) is 4.44. The lowest BCUT2D eigenvalue weighted by Gasteiger charge is -2.06. The van der Waals surface area contributed by atoms with Crippen molar-refractivity contribution in [1.82, 2.24) is 0 Å². The van der Waals surface area contributed by atoms with Gasteiger partial charge in [0.25, 0.3) is 0 Å². The van der Waals surface area contributed by atoms with Crippen LogP contribution >= 0.6 is 23.4 Å². The van der Waals surface area contributed by atoms with Gasteiger partial charge >= 0.3 is 5.97 Å². The summed E-state index contributed by atoms with van der Waals surface area (Å²) in [6.45, 7) is 3.52. The minimum atomic E-state index is -0.826. The Bertz CT molecular complexity index is 173. The zero-order valence-electron chi connectivity index (χ0n) is 6.53. The first-order valence-corrected chi connectivity index (χ1v) is 5.05. The molecular weight excluding hydrogens is 184 g/mol. The van der Waals surface area contributed by atoms with Gasteiger partial charge in [0.05, 0.1) is 0 Å². The Kier molecular flexibility index (Phi) is 5.62. The van der Waals surface area contributed by atoms with Gasteiger partial charge in [-0.1, -0.05) is 13.8 Å². The summed E-state index contributed by atoms with van der Waals surface area (Å²) in [4.78, 5) is 10.7. The quantitative estimate of drug-likeness (QED) is 0.533. The zero-order chi connectivity index (χ0) is 8.85. The molecule has 0 aliphatic heterocycles. The van der Waals surface area contributed by atoms with Crippen molar-refractivity contribution in [2.75, 3.05) is 5.75 Å². The van der Waals surface area contributed by atoms with Gasteiger partial charge in [-0.15, -0.1) is 12.6 Å². The van der Waals surface area contributed by atoms with E-state index in [2.05, 4.69) is 12.6 Å². The SMILES string of the molecule is CCC(=O)OS(CC)=C(O)S. The fourth-order valence-electron chi connectivity index (χ4n) is 0.396. The first kappa shape index (κ1) is 11.0. The highest BCUT2D eigenvalue weighted by atomic mass is 32.2. The fourth-order valence-corrected chi connectivity index (χ4v) is 1.69. The third-order valence-corrected chi connectivity index (χ3v) is 2.88. The maximum Gasteiger partial charge on any atom is 0.317 e.